The van der Waals surface area contributed by atoms with Crippen LogP contribution in [0.25, 0.3) is 0 Å². The molecule has 0 aliphatic heterocycles. The highest BCUT2D eigenvalue weighted by atomic mass is 16.1. The fourth-order valence-electron chi connectivity index (χ4n) is 1.76. The van der Waals surface area contributed by atoms with Crippen molar-refractivity contribution in [1.29, 1.82) is 0 Å². The number of benzene rings is 1. The molecule has 1 rings (SSSR count). The van der Waals surface area contributed by atoms with E-state index in [-0.39, 0.29) is 11.7 Å². The maximum atomic E-state index is 10.9. The SMILES string of the molecule is C=C(CCc1ccc(NC(C)=O)cc1)NCCC(C)=O. The molecular formula is C16H22N2O2. The zero-order valence-electron chi connectivity index (χ0n) is 12.2. The topological polar surface area (TPSA) is 58.2 Å². The number of hydrogen-bond acceptors (Lipinski definition) is 3. The van der Waals surface area contributed by atoms with Crippen molar-refractivity contribution < 1.29 is 9.59 Å². The largest absolute Gasteiger partial charge is 0.388 e. The lowest BCUT2D eigenvalue weighted by molar-refractivity contribution is -0.117. The van der Waals surface area contributed by atoms with Gasteiger partial charge in [0, 0.05) is 31.3 Å². The Morgan fingerprint density at radius 3 is 2.30 bits per heavy atom. The predicted octanol–water partition coefficient (Wildman–Crippen LogP) is 2.66. The number of rotatable bonds is 8. The van der Waals surface area contributed by atoms with Gasteiger partial charge in [0.25, 0.3) is 0 Å². The summed E-state index contributed by atoms with van der Waals surface area (Å²) in [6.07, 6.45) is 2.24. The van der Waals surface area contributed by atoms with Gasteiger partial charge in [-0.05, 0) is 37.5 Å². The second-order valence-corrected chi connectivity index (χ2v) is 4.86. The molecule has 2 N–H and O–H groups in total. The Balaban J connectivity index is 2.32. The highest BCUT2D eigenvalue weighted by Crippen LogP contribution is 2.12. The first-order valence-electron chi connectivity index (χ1n) is 6.75. The monoisotopic (exact) mass is 274 g/mol. The van der Waals surface area contributed by atoms with E-state index in [1.807, 2.05) is 24.3 Å². The highest BCUT2D eigenvalue weighted by molar-refractivity contribution is 5.88. The van der Waals surface area contributed by atoms with E-state index in [2.05, 4.69) is 17.2 Å². The van der Waals surface area contributed by atoms with Crippen molar-refractivity contribution in [3.8, 4) is 0 Å². The van der Waals surface area contributed by atoms with E-state index >= 15 is 0 Å². The first-order chi connectivity index (χ1) is 9.47. The lowest BCUT2D eigenvalue weighted by Crippen LogP contribution is -2.16. The summed E-state index contributed by atoms with van der Waals surface area (Å²) >= 11 is 0. The fraction of sp³-hybridized carbons (Fsp3) is 0.375. The summed E-state index contributed by atoms with van der Waals surface area (Å²) in [5.41, 5.74) is 2.94. The Hall–Kier alpha value is -2.10. The molecule has 0 atom stereocenters. The molecular weight excluding hydrogens is 252 g/mol. The number of carbonyl (C=O) groups is 2. The van der Waals surface area contributed by atoms with Gasteiger partial charge in [0.15, 0.2) is 0 Å². The third-order valence-electron chi connectivity index (χ3n) is 2.84. The fourth-order valence-corrected chi connectivity index (χ4v) is 1.76. The molecule has 0 fully saturated rings. The van der Waals surface area contributed by atoms with Crippen LogP contribution in [-0.4, -0.2) is 18.2 Å². The highest BCUT2D eigenvalue weighted by Gasteiger charge is 1.99. The Bertz CT molecular complexity index is 478. The van der Waals surface area contributed by atoms with Crippen molar-refractivity contribution in [3.63, 3.8) is 0 Å². The van der Waals surface area contributed by atoms with Crippen LogP contribution in [0.4, 0.5) is 5.69 Å². The maximum absolute atomic E-state index is 10.9. The molecule has 1 aromatic rings. The van der Waals surface area contributed by atoms with E-state index in [4.69, 9.17) is 0 Å². The number of Topliss-reactive ketones (excluding diaryl/α,β-unsaturated/α-hetero) is 1. The third kappa shape index (κ3) is 6.73. The summed E-state index contributed by atoms with van der Waals surface area (Å²) in [5, 5.41) is 5.88. The molecule has 1 aromatic carbocycles. The van der Waals surface area contributed by atoms with Crippen LogP contribution in [0.15, 0.2) is 36.5 Å². The number of hydrogen-bond donors (Lipinski definition) is 2. The number of aryl methyl sites for hydroxylation is 1. The Kier molecular flexibility index (Phi) is 6.50. The first-order valence-corrected chi connectivity index (χ1v) is 6.75. The summed E-state index contributed by atoms with van der Waals surface area (Å²) in [7, 11) is 0. The van der Waals surface area contributed by atoms with Crippen molar-refractivity contribution in [3.05, 3.63) is 42.1 Å². The molecule has 0 saturated heterocycles. The predicted molar refractivity (Wildman–Crippen MR) is 81.5 cm³/mol. The van der Waals surface area contributed by atoms with Crippen LogP contribution in [0.5, 0.6) is 0 Å². The Morgan fingerprint density at radius 1 is 1.10 bits per heavy atom. The zero-order valence-corrected chi connectivity index (χ0v) is 12.2. The van der Waals surface area contributed by atoms with Gasteiger partial charge < -0.3 is 10.6 Å². The van der Waals surface area contributed by atoms with Crippen LogP contribution in [0.2, 0.25) is 0 Å². The summed E-state index contributed by atoms with van der Waals surface area (Å²) in [5.74, 6) is 0.111. The third-order valence-corrected chi connectivity index (χ3v) is 2.84. The van der Waals surface area contributed by atoms with Gasteiger partial charge in [-0.15, -0.1) is 0 Å². The second kappa shape index (κ2) is 8.15. The lowest BCUT2D eigenvalue weighted by atomic mass is 10.1. The summed E-state index contributed by atoms with van der Waals surface area (Å²) in [6, 6.07) is 7.77. The maximum Gasteiger partial charge on any atom is 0.221 e. The van der Waals surface area contributed by atoms with E-state index in [1.165, 1.54) is 12.5 Å². The summed E-state index contributed by atoms with van der Waals surface area (Å²) in [4.78, 5) is 21.7. The van der Waals surface area contributed by atoms with Crippen LogP contribution in [0, 0.1) is 0 Å². The molecule has 0 radical (unpaired) electrons. The quantitative estimate of drug-likeness (QED) is 0.766. The molecule has 0 unspecified atom stereocenters. The van der Waals surface area contributed by atoms with E-state index in [1.54, 1.807) is 6.92 Å². The average Bonchev–Trinajstić information content (AvgIpc) is 2.37. The number of ketones is 1. The molecule has 0 bridgehead atoms. The molecule has 0 spiro atoms. The minimum Gasteiger partial charge on any atom is -0.388 e. The number of amides is 1. The van der Waals surface area contributed by atoms with Gasteiger partial charge >= 0.3 is 0 Å². The van der Waals surface area contributed by atoms with Crippen molar-refractivity contribution in [2.24, 2.45) is 0 Å². The number of nitrogens with one attached hydrogen (secondary N) is 2. The van der Waals surface area contributed by atoms with Gasteiger partial charge in [-0.1, -0.05) is 18.7 Å². The molecule has 20 heavy (non-hydrogen) atoms. The van der Waals surface area contributed by atoms with Crippen LogP contribution < -0.4 is 10.6 Å². The number of carbonyl (C=O) groups excluding carboxylic acids is 2. The average molecular weight is 274 g/mol. The second-order valence-electron chi connectivity index (χ2n) is 4.86. The molecule has 1 amide bonds. The van der Waals surface area contributed by atoms with Crippen molar-refractivity contribution in [2.75, 3.05) is 11.9 Å². The van der Waals surface area contributed by atoms with Crippen LogP contribution >= 0.6 is 0 Å². The number of allylic oxidation sites excluding steroid dienone is 1. The molecule has 4 heteroatoms. The Morgan fingerprint density at radius 2 is 1.75 bits per heavy atom. The molecule has 0 heterocycles. The van der Waals surface area contributed by atoms with Gasteiger partial charge in [-0.2, -0.15) is 0 Å². The summed E-state index contributed by atoms with van der Waals surface area (Å²) < 4.78 is 0. The van der Waals surface area contributed by atoms with Crippen LogP contribution in [0.3, 0.4) is 0 Å². The van der Waals surface area contributed by atoms with Crippen molar-refractivity contribution in [1.82, 2.24) is 5.32 Å². The molecule has 0 aromatic heterocycles. The summed E-state index contributed by atoms with van der Waals surface area (Å²) in [6.45, 7) is 7.67. The molecule has 0 aliphatic carbocycles. The molecule has 4 nitrogen and oxygen atoms in total. The van der Waals surface area contributed by atoms with Gasteiger partial charge in [0.05, 0.1) is 0 Å². The van der Waals surface area contributed by atoms with E-state index < -0.39 is 0 Å². The minimum absolute atomic E-state index is 0.0687. The van der Waals surface area contributed by atoms with Crippen molar-refractivity contribution in [2.45, 2.75) is 33.1 Å². The minimum atomic E-state index is -0.0687. The Labute approximate surface area is 120 Å². The normalized spacial score (nSPS) is 9.90. The van der Waals surface area contributed by atoms with Gasteiger partial charge in [-0.3, -0.25) is 9.59 Å². The van der Waals surface area contributed by atoms with E-state index in [9.17, 15) is 9.59 Å². The van der Waals surface area contributed by atoms with Gasteiger partial charge in [-0.25, -0.2) is 0 Å². The molecule has 0 aliphatic rings. The van der Waals surface area contributed by atoms with Gasteiger partial charge in [0.2, 0.25) is 5.91 Å². The molecule has 108 valence electrons. The zero-order chi connectivity index (χ0) is 15.0. The van der Waals surface area contributed by atoms with E-state index in [0.29, 0.717) is 13.0 Å². The van der Waals surface area contributed by atoms with Crippen LogP contribution in [-0.2, 0) is 16.0 Å². The van der Waals surface area contributed by atoms with Crippen molar-refractivity contribution >= 4 is 17.4 Å². The molecule has 0 saturated carbocycles. The number of anilines is 1. The van der Waals surface area contributed by atoms with Gasteiger partial charge in [0.1, 0.15) is 5.78 Å². The van der Waals surface area contributed by atoms with Crippen LogP contribution in [0.1, 0.15) is 32.3 Å². The standard InChI is InChI=1S/C16H22N2O2/c1-12(17-11-10-13(2)19)4-5-15-6-8-16(9-7-15)18-14(3)20/h6-9,17H,1,4-5,10-11H2,2-3H3,(H,18,20). The van der Waals surface area contributed by atoms with E-state index in [0.717, 1.165) is 24.2 Å². The smallest absolute Gasteiger partial charge is 0.221 e. The lowest BCUT2D eigenvalue weighted by Gasteiger charge is -2.09. The first kappa shape index (κ1) is 16.0.